The maximum absolute atomic E-state index is 5.23. The number of imidazole rings is 1. The van der Waals surface area contributed by atoms with Gasteiger partial charge in [-0.15, -0.1) is 10.2 Å². The maximum Gasteiger partial charge on any atom is 0.215 e. The number of fused-ring (bicyclic) bond motifs is 3. The summed E-state index contributed by atoms with van der Waals surface area (Å²) in [5.74, 6) is 1.33. The molecule has 0 spiro atoms. The zero-order valence-electron chi connectivity index (χ0n) is 12.2. The number of benzene rings is 1. The van der Waals surface area contributed by atoms with Gasteiger partial charge < -0.3 is 4.74 Å². The average molecular weight is 291 g/mol. The highest BCUT2D eigenvalue weighted by Gasteiger charge is 2.15. The van der Waals surface area contributed by atoms with E-state index in [2.05, 4.69) is 20.2 Å². The van der Waals surface area contributed by atoms with E-state index < -0.39 is 0 Å². The molecule has 0 aliphatic rings. The minimum atomic E-state index is 0.534. The number of rotatable bonds is 2. The topological polar surface area (TPSA) is 65.2 Å². The van der Waals surface area contributed by atoms with Crippen molar-refractivity contribution in [2.45, 2.75) is 6.92 Å². The molecule has 6 heteroatoms. The molecule has 0 unspecified atom stereocenters. The maximum atomic E-state index is 5.23. The van der Waals surface area contributed by atoms with Gasteiger partial charge in [0, 0.05) is 11.6 Å². The van der Waals surface area contributed by atoms with Gasteiger partial charge in [0.25, 0.3) is 0 Å². The van der Waals surface area contributed by atoms with Gasteiger partial charge in [-0.05, 0) is 13.0 Å². The van der Waals surface area contributed by atoms with E-state index in [9.17, 15) is 0 Å². The molecule has 0 saturated carbocycles. The van der Waals surface area contributed by atoms with Crippen molar-refractivity contribution in [2.75, 3.05) is 7.11 Å². The van der Waals surface area contributed by atoms with Crippen LogP contribution in [-0.2, 0) is 0 Å². The average Bonchev–Trinajstić information content (AvgIpc) is 2.92. The van der Waals surface area contributed by atoms with E-state index in [0.717, 1.165) is 17.1 Å². The van der Waals surface area contributed by atoms with E-state index in [1.807, 2.05) is 47.7 Å². The van der Waals surface area contributed by atoms with Crippen LogP contribution in [-0.4, -0.2) is 31.7 Å². The Morgan fingerprint density at radius 2 is 1.73 bits per heavy atom. The highest BCUT2D eigenvalue weighted by molar-refractivity contribution is 5.77. The Labute approximate surface area is 126 Å². The predicted molar refractivity (Wildman–Crippen MR) is 82.8 cm³/mol. The second kappa shape index (κ2) is 4.77. The Hall–Kier alpha value is -3.02. The Balaban J connectivity index is 2.15. The largest absolute Gasteiger partial charge is 0.481 e. The summed E-state index contributed by atoms with van der Waals surface area (Å²) < 4.78 is 7.16. The van der Waals surface area contributed by atoms with E-state index >= 15 is 0 Å². The molecule has 4 rings (SSSR count). The third-order valence-corrected chi connectivity index (χ3v) is 3.56. The van der Waals surface area contributed by atoms with Crippen molar-refractivity contribution >= 4 is 16.8 Å². The van der Waals surface area contributed by atoms with Crippen molar-refractivity contribution in [2.24, 2.45) is 0 Å². The third kappa shape index (κ3) is 1.81. The molecule has 1 aromatic carbocycles. The summed E-state index contributed by atoms with van der Waals surface area (Å²) in [7, 11) is 1.59. The van der Waals surface area contributed by atoms with Gasteiger partial charge in [0.05, 0.1) is 12.8 Å². The van der Waals surface area contributed by atoms with Gasteiger partial charge in [0.2, 0.25) is 5.88 Å². The molecule has 0 bridgehead atoms. The molecular weight excluding hydrogens is 278 g/mol. The molecule has 108 valence electrons. The lowest BCUT2D eigenvalue weighted by atomic mass is 10.2. The van der Waals surface area contributed by atoms with Gasteiger partial charge in [-0.2, -0.15) is 4.98 Å². The Bertz CT molecular complexity index is 978. The SMILES string of the molecule is COc1ccc2nnc3c(C)nc(-c4ccccc4)n3c2n1. The highest BCUT2D eigenvalue weighted by Crippen LogP contribution is 2.25. The Kier molecular flexibility index (Phi) is 2.75. The second-order valence-electron chi connectivity index (χ2n) is 4.94. The molecule has 0 saturated heterocycles. The van der Waals surface area contributed by atoms with Crippen LogP contribution in [0.4, 0.5) is 0 Å². The Morgan fingerprint density at radius 1 is 0.909 bits per heavy atom. The molecule has 3 heterocycles. The molecule has 6 nitrogen and oxygen atoms in total. The molecule has 4 aromatic rings. The van der Waals surface area contributed by atoms with Crippen LogP contribution in [0, 0.1) is 6.92 Å². The molecule has 3 aromatic heterocycles. The van der Waals surface area contributed by atoms with E-state index in [-0.39, 0.29) is 0 Å². The number of aromatic nitrogens is 5. The van der Waals surface area contributed by atoms with Crippen molar-refractivity contribution in [1.29, 1.82) is 0 Å². The monoisotopic (exact) mass is 291 g/mol. The molecule has 0 amide bonds. The number of methoxy groups -OCH3 is 1. The van der Waals surface area contributed by atoms with Crippen LogP contribution in [0.2, 0.25) is 0 Å². The van der Waals surface area contributed by atoms with Crippen LogP contribution in [0.5, 0.6) is 5.88 Å². The van der Waals surface area contributed by atoms with Crippen LogP contribution < -0.4 is 4.74 Å². The van der Waals surface area contributed by atoms with Gasteiger partial charge in [-0.25, -0.2) is 4.98 Å². The minimum absolute atomic E-state index is 0.534. The lowest BCUT2D eigenvalue weighted by molar-refractivity contribution is 0.399. The van der Waals surface area contributed by atoms with Crippen molar-refractivity contribution in [3.05, 3.63) is 48.2 Å². The van der Waals surface area contributed by atoms with Crippen molar-refractivity contribution < 1.29 is 4.74 Å². The number of nitrogens with zero attached hydrogens (tertiary/aromatic N) is 5. The fourth-order valence-corrected chi connectivity index (χ4v) is 2.50. The van der Waals surface area contributed by atoms with Crippen LogP contribution in [0.15, 0.2) is 42.5 Å². The molecule has 0 fully saturated rings. The number of hydrogen-bond donors (Lipinski definition) is 0. The lowest BCUT2D eigenvalue weighted by Crippen LogP contribution is -2.00. The Morgan fingerprint density at radius 3 is 2.50 bits per heavy atom. The molecule has 0 atom stereocenters. The predicted octanol–water partition coefficient (Wildman–Crippen LogP) is 2.66. The van der Waals surface area contributed by atoms with E-state index in [0.29, 0.717) is 22.7 Å². The number of pyridine rings is 1. The number of aryl methyl sites for hydroxylation is 1. The summed E-state index contributed by atoms with van der Waals surface area (Å²) in [6.07, 6.45) is 0. The summed E-state index contributed by atoms with van der Waals surface area (Å²) in [4.78, 5) is 9.16. The molecule has 0 radical (unpaired) electrons. The van der Waals surface area contributed by atoms with Crippen LogP contribution in [0.25, 0.3) is 28.2 Å². The summed E-state index contributed by atoms with van der Waals surface area (Å²) in [5, 5.41) is 8.50. The van der Waals surface area contributed by atoms with Crippen LogP contribution in [0.1, 0.15) is 5.69 Å². The minimum Gasteiger partial charge on any atom is -0.481 e. The van der Waals surface area contributed by atoms with Crippen molar-refractivity contribution in [3.63, 3.8) is 0 Å². The van der Waals surface area contributed by atoms with Crippen LogP contribution in [0.3, 0.4) is 0 Å². The van der Waals surface area contributed by atoms with E-state index in [1.54, 1.807) is 13.2 Å². The van der Waals surface area contributed by atoms with E-state index in [1.165, 1.54) is 0 Å². The van der Waals surface area contributed by atoms with Crippen molar-refractivity contribution in [3.8, 4) is 17.3 Å². The first-order valence-electron chi connectivity index (χ1n) is 6.90. The van der Waals surface area contributed by atoms with E-state index in [4.69, 9.17) is 4.74 Å². The fourth-order valence-electron chi connectivity index (χ4n) is 2.50. The van der Waals surface area contributed by atoms with Gasteiger partial charge in [0.15, 0.2) is 11.3 Å². The van der Waals surface area contributed by atoms with Crippen molar-refractivity contribution in [1.82, 2.24) is 24.6 Å². The zero-order valence-corrected chi connectivity index (χ0v) is 12.2. The zero-order chi connectivity index (χ0) is 15.1. The smallest absolute Gasteiger partial charge is 0.215 e. The highest BCUT2D eigenvalue weighted by atomic mass is 16.5. The first-order chi connectivity index (χ1) is 10.8. The fraction of sp³-hybridized carbons (Fsp3) is 0.125. The summed E-state index contributed by atoms with van der Waals surface area (Å²) in [5.41, 5.74) is 3.90. The third-order valence-electron chi connectivity index (χ3n) is 3.56. The van der Waals surface area contributed by atoms with Gasteiger partial charge in [0.1, 0.15) is 11.3 Å². The number of ether oxygens (including phenoxy) is 1. The summed E-state index contributed by atoms with van der Waals surface area (Å²) in [6.45, 7) is 1.92. The molecule has 0 aliphatic carbocycles. The summed E-state index contributed by atoms with van der Waals surface area (Å²) >= 11 is 0. The lowest BCUT2D eigenvalue weighted by Gasteiger charge is -2.05. The first kappa shape index (κ1) is 12.7. The normalized spacial score (nSPS) is 11.2. The van der Waals surface area contributed by atoms with Gasteiger partial charge in [-0.1, -0.05) is 30.3 Å². The first-order valence-corrected chi connectivity index (χ1v) is 6.90. The quantitative estimate of drug-likeness (QED) is 0.568. The van der Waals surface area contributed by atoms with Gasteiger partial charge >= 0.3 is 0 Å². The molecule has 0 aliphatic heterocycles. The number of hydrogen-bond acceptors (Lipinski definition) is 5. The molecular formula is C16H13N5O. The second-order valence-corrected chi connectivity index (χ2v) is 4.94. The van der Waals surface area contributed by atoms with Crippen LogP contribution >= 0.6 is 0 Å². The molecule has 22 heavy (non-hydrogen) atoms. The standard InChI is InChI=1S/C16H13N5O/c1-10-14-20-19-12-8-9-13(22-2)18-16(12)21(14)15(17-10)11-6-4-3-5-7-11/h3-9H,1-2H3. The van der Waals surface area contributed by atoms with Gasteiger partial charge in [-0.3, -0.25) is 4.40 Å². The molecule has 0 N–H and O–H groups in total. The summed E-state index contributed by atoms with van der Waals surface area (Å²) in [6, 6.07) is 13.6.